The van der Waals surface area contributed by atoms with E-state index in [1.807, 2.05) is 19.1 Å². The van der Waals surface area contributed by atoms with Crippen molar-refractivity contribution in [2.75, 3.05) is 17.2 Å². The van der Waals surface area contributed by atoms with Crippen molar-refractivity contribution in [2.45, 2.75) is 13.3 Å². The SMILES string of the molecule is CCc1ccc(NC(=O)C(=O)N/N=C\c2ccc(OCC(=O)Nc3cccc(Cl)c3)cc2)cc1. The maximum atomic E-state index is 12.0. The number of rotatable bonds is 8. The number of benzene rings is 3. The van der Waals surface area contributed by atoms with Crippen LogP contribution in [0.3, 0.4) is 0 Å². The minimum absolute atomic E-state index is 0.174. The van der Waals surface area contributed by atoms with Gasteiger partial charge in [-0.05, 0) is 72.1 Å². The molecule has 0 bridgehead atoms. The summed E-state index contributed by atoms with van der Waals surface area (Å²) >= 11 is 5.89. The van der Waals surface area contributed by atoms with Crippen LogP contribution >= 0.6 is 11.6 Å². The molecule has 3 rings (SSSR count). The van der Waals surface area contributed by atoms with Gasteiger partial charge in [0.25, 0.3) is 5.91 Å². The topological polar surface area (TPSA) is 109 Å². The van der Waals surface area contributed by atoms with Crippen LogP contribution in [-0.2, 0) is 20.8 Å². The van der Waals surface area contributed by atoms with Gasteiger partial charge >= 0.3 is 11.8 Å². The standard InChI is InChI=1S/C25H23ClN4O4/c1-2-17-6-10-20(11-7-17)29-24(32)25(33)30-27-15-18-8-12-22(13-9-18)34-16-23(31)28-21-5-3-4-19(26)14-21/h3-15H,2,16H2,1H3,(H,28,31)(H,29,32)(H,30,33)/b27-15-. The van der Waals surface area contributed by atoms with Crippen molar-refractivity contribution in [3.05, 3.63) is 88.9 Å². The van der Waals surface area contributed by atoms with Crippen LogP contribution in [-0.4, -0.2) is 30.5 Å². The normalized spacial score (nSPS) is 10.5. The highest BCUT2D eigenvalue weighted by molar-refractivity contribution is 6.39. The number of nitrogens with one attached hydrogen (secondary N) is 3. The fourth-order valence-electron chi connectivity index (χ4n) is 2.79. The van der Waals surface area contributed by atoms with E-state index >= 15 is 0 Å². The Morgan fingerprint density at radius 1 is 0.912 bits per heavy atom. The second-order valence-corrected chi connectivity index (χ2v) is 7.56. The molecule has 0 atom stereocenters. The van der Waals surface area contributed by atoms with Crippen LogP contribution in [0.15, 0.2) is 77.9 Å². The Balaban J connectivity index is 1.42. The monoisotopic (exact) mass is 478 g/mol. The van der Waals surface area contributed by atoms with Gasteiger partial charge < -0.3 is 15.4 Å². The van der Waals surface area contributed by atoms with E-state index in [0.29, 0.717) is 27.7 Å². The van der Waals surface area contributed by atoms with Gasteiger partial charge in [0, 0.05) is 16.4 Å². The van der Waals surface area contributed by atoms with E-state index in [1.165, 1.54) is 6.21 Å². The highest BCUT2D eigenvalue weighted by Crippen LogP contribution is 2.15. The lowest BCUT2D eigenvalue weighted by Gasteiger charge is -2.08. The first kappa shape index (κ1) is 24.5. The summed E-state index contributed by atoms with van der Waals surface area (Å²) in [7, 11) is 0. The van der Waals surface area contributed by atoms with Gasteiger partial charge in [-0.1, -0.05) is 36.7 Å². The molecule has 3 N–H and O–H groups in total. The van der Waals surface area contributed by atoms with Gasteiger partial charge in [-0.2, -0.15) is 5.10 Å². The number of halogens is 1. The summed E-state index contributed by atoms with van der Waals surface area (Å²) in [5, 5.41) is 9.51. The highest BCUT2D eigenvalue weighted by Gasteiger charge is 2.12. The molecule has 0 saturated heterocycles. The maximum absolute atomic E-state index is 12.0. The molecule has 0 heterocycles. The molecule has 0 fully saturated rings. The van der Waals surface area contributed by atoms with Crippen LogP contribution in [0.4, 0.5) is 11.4 Å². The van der Waals surface area contributed by atoms with Crippen LogP contribution in [0.25, 0.3) is 0 Å². The Hall–Kier alpha value is -4.17. The summed E-state index contributed by atoms with van der Waals surface area (Å²) in [6.45, 7) is 1.86. The Kier molecular flexibility index (Phi) is 8.76. The van der Waals surface area contributed by atoms with Crippen molar-refractivity contribution in [2.24, 2.45) is 5.10 Å². The fourth-order valence-corrected chi connectivity index (χ4v) is 2.98. The van der Waals surface area contributed by atoms with Crippen molar-refractivity contribution >= 4 is 46.9 Å². The average Bonchev–Trinajstić information content (AvgIpc) is 2.84. The van der Waals surface area contributed by atoms with Crippen LogP contribution in [0.2, 0.25) is 5.02 Å². The van der Waals surface area contributed by atoms with E-state index in [-0.39, 0.29) is 12.5 Å². The Morgan fingerprint density at radius 2 is 1.65 bits per heavy atom. The summed E-state index contributed by atoms with van der Waals surface area (Å²) in [5.41, 5.74) is 5.08. The van der Waals surface area contributed by atoms with Crippen molar-refractivity contribution in [3.8, 4) is 5.75 Å². The third-order valence-corrected chi connectivity index (χ3v) is 4.80. The quantitative estimate of drug-likeness (QED) is 0.258. The molecule has 9 heteroatoms. The number of aryl methyl sites for hydroxylation is 1. The molecule has 34 heavy (non-hydrogen) atoms. The van der Waals surface area contributed by atoms with Gasteiger partial charge in [-0.3, -0.25) is 14.4 Å². The van der Waals surface area contributed by atoms with E-state index in [9.17, 15) is 14.4 Å². The van der Waals surface area contributed by atoms with E-state index in [4.69, 9.17) is 16.3 Å². The third-order valence-electron chi connectivity index (χ3n) is 4.56. The number of nitrogens with zero attached hydrogens (tertiary/aromatic N) is 1. The molecular formula is C25H23ClN4O4. The first-order chi connectivity index (χ1) is 16.4. The minimum Gasteiger partial charge on any atom is -0.484 e. The lowest BCUT2D eigenvalue weighted by atomic mass is 10.1. The zero-order valence-electron chi connectivity index (χ0n) is 18.4. The number of hydrazone groups is 1. The lowest BCUT2D eigenvalue weighted by Crippen LogP contribution is -2.32. The summed E-state index contributed by atoms with van der Waals surface area (Å²) in [5.74, 6) is -1.55. The molecule has 3 amide bonds. The van der Waals surface area contributed by atoms with Crippen LogP contribution in [0.1, 0.15) is 18.1 Å². The van der Waals surface area contributed by atoms with Gasteiger partial charge in [-0.15, -0.1) is 0 Å². The van der Waals surface area contributed by atoms with Gasteiger partial charge in [0.05, 0.1) is 6.21 Å². The molecule has 0 spiro atoms. The highest BCUT2D eigenvalue weighted by atomic mass is 35.5. The molecule has 8 nitrogen and oxygen atoms in total. The summed E-state index contributed by atoms with van der Waals surface area (Å²) in [6, 6.07) is 20.7. The summed E-state index contributed by atoms with van der Waals surface area (Å²) in [4.78, 5) is 35.9. The van der Waals surface area contributed by atoms with Gasteiger partial charge in [-0.25, -0.2) is 5.43 Å². The summed E-state index contributed by atoms with van der Waals surface area (Å²) < 4.78 is 5.46. The first-order valence-corrected chi connectivity index (χ1v) is 10.8. The molecule has 3 aromatic rings. The van der Waals surface area contributed by atoms with Crippen LogP contribution < -0.4 is 20.8 Å². The molecule has 0 saturated carbocycles. The van der Waals surface area contributed by atoms with Crippen LogP contribution in [0, 0.1) is 0 Å². The largest absolute Gasteiger partial charge is 0.484 e. The number of carbonyl (C=O) groups is 3. The average molecular weight is 479 g/mol. The number of ether oxygens (including phenoxy) is 1. The summed E-state index contributed by atoms with van der Waals surface area (Å²) in [6.07, 6.45) is 2.27. The lowest BCUT2D eigenvalue weighted by molar-refractivity contribution is -0.136. The van der Waals surface area contributed by atoms with Crippen molar-refractivity contribution < 1.29 is 19.1 Å². The van der Waals surface area contributed by atoms with E-state index < -0.39 is 11.8 Å². The van der Waals surface area contributed by atoms with Gasteiger partial charge in [0.1, 0.15) is 5.75 Å². The Labute approximate surface area is 202 Å². The zero-order chi connectivity index (χ0) is 24.3. The zero-order valence-corrected chi connectivity index (χ0v) is 19.1. The molecule has 174 valence electrons. The molecule has 0 unspecified atom stereocenters. The number of amides is 3. The fraction of sp³-hybridized carbons (Fsp3) is 0.120. The molecule has 0 aliphatic rings. The number of hydrogen-bond acceptors (Lipinski definition) is 5. The van der Waals surface area contributed by atoms with Crippen molar-refractivity contribution in [1.29, 1.82) is 0 Å². The number of anilines is 2. The molecule has 0 aromatic heterocycles. The maximum Gasteiger partial charge on any atom is 0.329 e. The van der Waals surface area contributed by atoms with Crippen molar-refractivity contribution in [3.63, 3.8) is 0 Å². The molecule has 0 aliphatic heterocycles. The Morgan fingerprint density at radius 3 is 2.32 bits per heavy atom. The Bertz CT molecular complexity index is 1180. The minimum atomic E-state index is -0.888. The van der Waals surface area contributed by atoms with E-state index in [1.54, 1.807) is 60.7 Å². The number of hydrogen-bond donors (Lipinski definition) is 3. The predicted octanol–water partition coefficient (Wildman–Crippen LogP) is 4.01. The predicted molar refractivity (Wildman–Crippen MR) is 132 cm³/mol. The molecule has 3 aromatic carbocycles. The molecular weight excluding hydrogens is 456 g/mol. The van der Waals surface area contributed by atoms with Gasteiger partial charge in [0.15, 0.2) is 6.61 Å². The third kappa shape index (κ3) is 7.75. The molecule has 0 radical (unpaired) electrons. The second kappa shape index (κ2) is 12.2. The smallest absolute Gasteiger partial charge is 0.329 e. The van der Waals surface area contributed by atoms with Gasteiger partial charge in [0.2, 0.25) is 0 Å². The van der Waals surface area contributed by atoms with E-state index in [2.05, 4.69) is 21.2 Å². The van der Waals surface area contributed by atoms with E-state index in [0.717, 1.165) is 12.0 Å². The van der Waals surface area contributed by atoms with Crippen molar-refractivity contribution in [1.82, 2.24) is 5.43 Å². The van der Waals surface area contributed by atoms with Crippen LogP contribution in [0.5, 0.6) is 5.75 Å². The second-order valence-electron chi connectivity index (χ2n) is 7.12. The first-order valence-electron chi connectivity index (χ1n) is 10.4. The molecule has 0 aliphatic carbocycles. The number of carbonyl (C=O) groups excluding carboxylic acids is 3.